The van der Waals surface area contributed by atoms with Gasteiger partial charge in [-0.15, -0.1) is 0 Å². The van der Waals surface area contributed by atoms with Gasteiger partial charge in [0, 0.05) is 12.6 Å². The van der Waals surface area contributed by atoms with E-state index in [2.05, 4.69) is 48.3 Å². The number of nitrogens with one attached hydrogen (secondary N) is 1. The molecule has 3 rings (SSSR count). The van der Waals surface area contributed by atoms with Gasteiger partial charge in [-0.3, -0.25) is 10.1 Å². The monoisotopic (exact) mass is 287 g/mol. The first kappa shape index (κ1) is 14.5. The quantitative estimate of drug-likeness (QED) is 0.919. The van der Waals surface area contributed by atoms with Crippen molar-refractivity contribution >= 4 is 5.91 Å². The second-order valence-electron chi connectivity index (χ2n) is 6.36. The lowest BCUT2D eigenvalue weighted by Gasteiger charge is -2.33. The Morgan fingerprint density at radius 2 is 2.10 bits per heavy atom. The largest absolute Gasteiger partial charge is 0.318 e. The molecule has 114 valence electrons. The van der Waals surface area contributed by atoms with Crippen LogP contribution < -0.4 is 5.32 Å². The average molecular weight is 287 g/mol. The molecule has 4 heteroatoms. The summed E-state index contributed by atoms with van der Waals surface area (Å²) in [5.74, 6) is 0.216. The third-order valence-corrected chi connectivity index (χ3v) is 4.57. The molecule has 0 aromatic heterocycles. The number of amides is 1. The van der Waals surface area contributed by atoms with E-state index >= 15 is 0 Å². The van der Waals surface area contributed by atoms with Gasteiger partial charge in [-0.2, -0.15) is 0 Å². The molecular formula is C17H25N3O. The first-order valence-electron chi connectivity index (χ1n) is 7.98. The second-order valence-corrected chi connectivity index (χ2v) is 6.36. The fraction of sp³-hybridized carbons (Fsp3) is 0.588. The van der Waals surface area contributed by atoms with Crippen molar-refractivity contribution < 1.29 is 4.79 Å². The molecule has 2 aliphatic heterocycles. The number of nitrogens with zero attached hydrogens (tertiary/aromatic N) is 2. The number of hydrogen-bond donors (Lipinski definition) is 1. The van der Waals surface area contributed by atoms with Crippen molar-refractivity contribution in [2.45, 2.75) is 38.9 Å². The Hall–Kier alpha value is -1.39. The van der Waals surface area contributed by atoms with Gasteiger partial charge in [-0.05, 0) is 45.3 Å². The Morgan fingerprint density at radius 1 is 1.33 bits per heavy atom. The predicted molar refractivity (Wildman–Crippen MR) is 83.9 cm³/mol. The van der Waals surface area contributed by atoms with Crippen molar-refractivity contribution in [3.8, 4) is 0 Å². The molecule has 0 aliphatic carbocycles. The van der Waals surface area contributed by atoms with Crippen molar-refractivity contribution in [2.24, 2.45) is 0 Å². The Morgan fingerprint density at radius 3 is 2.81 bits per heavy atom. The average Bonchev–Trinajstić information content (AvgIpc) is 3.08. The van der Waals surface area contributed by atoms with Gasteiger partial charge in [-0.1, -0.05) is 29.8 Å². The Balaban J connectivity index is 1.75. The smallest absolute Gasteiger partial charge is 0.238 e. The summed E-state index contributed by atoms with van der Waals surface area (Å²) in [6, 6.07) is 8.69. The standard InChI is InChI=1S/C17H25N3O/c1-13-6-5-7-15(10-13)17-18-11-16(21)20(17)14(2)12-19-8-3-4-9-19/h5-7,10,14,17-18H,3-4,8-9,11-12H2,1-2H3. The molecule has 2 heterocycles. The Kier molecular flexibility index (Phi) is 4.27. The van der Waals surface area contributed by atoms with Gasteiger partial charge < -0.3 is 9.80 Å². The molecule has 1 aromatic carbocycles. The zero-order chi connectivity index (χ0) is 14.8. The topological polar surface area (TPSA) is 35.6 Å². The third-order valence-electron chi connectivity index (χ3n) is 4.57. The SMILES string of the molecule is Cc1cccc(C2NCC(=O)N2C(C)CN2CCCC2)c1. The number of hydrogen-bond acceptors (Lipinski definition) is 3. The molecule has 4 nitrogen and oxygen atoms in total. The predicted octanol–water partition coefficient (Wildman–Crippen LogP) is 1.91. The molecule has 2 fully saturated rings. The van der Waals surface area contributed by atoms with E-state index in [0.717, 1.165) is 6.54 Å². The highest BCUT2D eigenvalue weighted by Gasteiger charge is 2.35. The highest BCUT2D eigenvalue weighted by Crippen LogP contribution is 2.26. The molecule has 0 spiro atoms. The lowest BCUT2D eigenvalue weighted by Crippen LogP contribution is -2.44. The van der Waals surface area contributed by atoms with E-state index in [1.807, 2.05) is 4.90 Å². The van der Waals surface area contributed by atoms with Crippen molar-refractivity contribution in [3.63, 3.8) is 0 Å². The fourth-order valence-electron chi connectivity index (χ4n) is 3.56. The van der Waals surface area contributed by atoms with E-state index in [9.17, 15) is 4.79 Å². The fourth-order valence-corrected chi connectivity index (χ4v) is 3.56. The van der Waals surface area contributed by atoms with Crippen LogP contribution in [0.4, 0.5) is 0 Å². The van der Waals surface area contributed by atoms with Gasteiger partial charge in [0.25, 0.3) is 0 Å². The number of benzene rings is 1. The van der Waals surface area contributed by atoms with Crippen LogP contribution in [-0.4, -0.2) is 47.9 Å². The summed E-state index contributed by atoms with van der Waals surface area (Å²) in [6.07, 6.45) is 2.61. The molecular weight excluding hydrogens is 262 g/mol. The summed E-state index contributed by atoms with van der Waals surface area (Å²) < 4.78 is 0. The highest BCUT2D eigenvalue weighted by atomic mass is 16.2. The van der Waals surface area contributed by atoms with Crippen molar-refractivity contribution in [2.75, 3.05) is 26.2 Å². The summed E-state index contributed by atoms with van der Waals surface area (Å²) >= 11 is 0. The van der Waals surface area contributed by atoms with Crippen LogP contribution in [0, 0.1) is 6.92 Å². The molecule has 2 atom stereocenters. The van der Waals surface area contributed by atoms with Crippen LogP contribution in [0.25, 0.3) is 0 Å². The zero-order valence-electron chi connectivity index (χ0n) is 13.0. The molecule has 21 heavy (non-hydrogen) atoms. The first-order chi connectivity index (χ1) is 10.1. The molecule has 1 amide bonds. The van der Waals surface area contributed by atoms with E-state index < -0.39 is 0 Å². The minimum absolute atomic E-state index is 0.0232. The van der Waals surface area contributed by atoms with Gasteiger partial charge in [-0.25, -0.2) is 0 Å². The summed E-state index contributed by atoms with van der Waals surface area (Å²) in [7, 11) is 0. The number of carbonyl (C=O) groups is 1. The third kappa shape index (κ3) is 3.11. The summed E-state index contributed by atoms with van der Waals surface area (Å²) in [5.41, 5.74) is 2.43. The number of likely N-dealkylation sites (tertiary alicyclic amines) is 1. The Bertz CT molecular complexity index is 511. The second kappa shape index (κ2) is 6.16. The van der Waals surface area contributed by atoms with E-state index in [4.69, 9.17) is 0 Å². The van der Waals surface area contributed by atoms with E-state index in [1.165, 1.54) is 37.1 Å². The lowest BCUT2D eigenvalue weighted by molar-refractivity contribution is -0.130. The van der Waals surface area contributed by atoms with Crippen LogP contribution >= 0.6 is 0 Å². The summed E-state index contributed by atoms with van der Waals surface area (Å²) in [5, 5.41) is 3.36. The molecule has 1 aromatic rings. The minimum atomic E-state index is 0.0232. The molecule has 0 saturated carbocycles. The van der Waals surface area contributed by atoms with Gasteiger partial charge in [0.2, 0.25) is 5.91 Å². The number of carbonyl (C=O) groups excluding carboxylic acids is 1. The Labute approximate surface area is 127 Å². The van der Waals surface area contributed by atoms with Crippen LogP contribution in [0.15, 0.2) is 24.3 Å². The first-order valence-corrected chi connectivity index (χ1v) is 7.98. The number of rotatable bonds is 4. The van der Waals surface area contributed by atoms with Crippen LogP contribution in [-0.2, 0) is 4.79 Å². The molecule has 0 radical (unpaired) electrons. The van der Waals surface area contributed by atoms with Crippen molar-refractivity contribution in [1.29, 1.82) is 0 Å². The van der Waals surface area contributed by atoms with Crippen molar-refractivity contribution in [3.05, 3.63) is 35.4 Å². The molecule has 0 bridgehead atoms. The van der Waals surface area contributed by atoms with E-state index in [0.29, 0.717) is 6.54 Å². The van der Waals surface area contributed by atoms with Crippen LogP contribution in [0.3, 0.4) is 0 Å². The van der Waals surface area contributed by atoms with Crippen LogP contribution in [0.2, 0.25) is 0 Å². The van der Waals surface area contributed by atoms with E-state index in [1.54, 1.807) is 0 Å². The molecule has 2 aliphatic rings. The van der Waals surface area contributed by atoms with Crippen molar-refractivity contribution in [1.82, 2.24) is 15.1 Å². The van der Waals surface area contributed by atoms with Crippen LogP contribution in [0.5, 0.6) is 0 Å². The molecule has 2 unspecified atom stereocenters. The maximum atomic E-state index is 12.3. The minimum Gasteiger partial charge on any atom is -0.318 e. The highest BCUT2D eigenvalue weighted by molar-refractivity contribution is 5.81. The number of aryl methyl sites for hydroxylation is 1. The maximum absolute atomic E-state index is 12.3. The lowest BCUT2D eigenvalue weighted by atomic mass is 10.1. The van der Waals surface area contributed by atoms with Gasteiger partial charge in [0.05, 0.1) is 6.54 Å². The summed E-state index contributed by atoms with van der Waals surface area (Å²) in [4.78, 5) is 16.8. The summed E-state index contributed by atoms with van der Waals surface area (Å²) in [6.45, 7) is 8.05. The van der Waals surface area contributed by atoms with E-state index in [-0.39, 0.29) is 18.1 Å². The van der Waals surface area contributed by atoms with Gasteiger partial charge in [0.15, 0.2) is 0 Å². The van der Waals surface area contributed by atoms with Gasteiger partial charge >= 0.3 is 0 Å². The zero-order valence-corrected chi connectivity index (χ0v) is 13.0. The normalized spacial score (nSPS) is 24.8. The maximum Gasteiger partial charge on any atom is 0.238 e. The molecule has 1 N–H and O–H groups in total. The van der Waals surface area contributed by atoms with Crippen LogP contribution in [0.1, 0.15) is 37.1 Å². The molecule has 2 saturated heterocycles. The van der Waals surface area contributed by atoms with Gasteiger partial charge in [0.1, 0.15) is 6.17 Å².